The highest BCUT2D eigenvalue weighted by Crippen LogP contribution is 2.44. The molecule has 0 amide bonds. The molecule has 5 nitrogen and oxygen atoms in total. The van der Waals surface area contributed by atoms with Gasteiger partial charge in [0.2, 0.25) is 0 Å². The Morgan fingerprint density at radius 3 is 2.03 bits per heavy atom. The van der Waals surface area contributed by atoms with Gasteiger partial charge in [0, 0.05) is 12.9 Å². The average Bonchev–Trinajstić information content (AvgIpc) is 2.71. The van der Waals surface area contributed by atoms with Crippen LogP contribution >= 0.6 is 0 Å². The minimum Gasteiger partial charge on any atom is -0.373 e. The van der Waals surface area contributed by atoms with Crippen molar-refractivity contribution in [2.24, 2.45) is 0 Å². The second kappa shape index (κ2) is 8.52. The van der Waals surface area contributed by atoms with E-state index < -0.39 is 70.2 Å². The van der Waals surface area contributed by atoms with Crippen LogP contribution in [-0.4, -0.2) is 34.4 Å². The van der Waals surface area contributed by atoms with Crippen molar-refractivity contribution in [1.82, 2.24) is 0 Å². The molecule has 2 aromatic rings. The number of hydrogen-bond acceptors (Lipinski definition) is 5. The molecule has 2 atom stereocenters. The molecule has 0 radical (unpaired) electrons. The van der Waals surface area contributed by atoms with Gasteiger partial charge in [-0.3, -0.25) is 0 Å². The third-order valence-corrected chi connectivity index (χ3v) is 9.38. The first-order chi connectivity index (χ1) is 15.3. The maximum absolute atomic E-state index is 13.4. The molecule has 0 N–H and O–H groups in total. The second-order valence-electron chi connectivity index (χ2n) is 8.35. The van der Waals surface area contributed by atoms with Crippen molar-refractivity contribution in [1.29, 1.82) is 0 Å². The molecule has 1 saturated heterocycles. The fourth-order valence-electron chi connectivity index (χ4n) is 3.74. The molecule has 1 heterocycles. The Hall–Kier alpha value is -2.12. The Labute approximate surface area is 192 Å². The monoisotopic (exact) mass is 530 g/mol. The summed E-state index contributed by atoms with van der Waals surface area (Å²) in [6.45, 7) is 1.06. The Kier molecular flexibility index (Phi) is 6.64. The van der Waals surface area contributed by atoms with E-state index >= 15 is 0 Å². The molecule has 2 unspecified atom stereocenters. The molecule has 0 saturated carbocycles. The molecule has 1 fully saturated rings. The van der Waals surface area contributed by atoms with Gasteiger partial charge in [-0.2, -0.15) is 26.3 Å². The molecule has 1 aliphatic rings. The van der Waals surface area contributed by atoms with Crippen LogP contribution in [0.2, 0.25) is 0 Å². The molecule has 3 rings (SSSR count). The molecular weight excluding hydrogens is 510 g/mol. The zero-order valence-corrected chi connectivity index (χ0v) is 19.5. The maximum Gasteiger partial charge on any atom is 0.416 e. The first kappa shape index (κ1) is 26.5. The van der Waals surface area contributed by atoms with Gasteiger partial charge in [-0.05, 0) is 61.7 Å². The lowest BCUT2D eigenvalue weighted by Gasteiger charge is -2.38. The van der Waals surface area contributed by atoms with E-state index in [-0.39, 0.29) is 18.6 Å². The zero-order chi connectivity index (χ0) is 25.7. The summed E-state index contributed by atoms with van der Waals surface area (Å²) in [5, 5.41) is 0. The summed E-state index contributed by atoms with van der Waals surface area (Å²) in [5.41, 5.74) is -2.60. The van der Waals surface area contributed by atoms with Gasteiger partial charge in [-0.25, -0.2) is 16.8 Å². The van der Waals surface area contributed by atoms with Crippen LogP contribution in [0, 0.1) is 0 Å². The van der Waals surface area contributed by atoms with E-state index in [1.165, 1.54) is 6.92 Å². The van der Waals surface area contributed by atoms with Crippen LogP contribution in [-0.2, 0) is 36.8 Å². The van der Waals surface area contributed by atoms with E-state index in [1.807, 2.05) is 0 Å². The summed E-state index contributed by atoms with van der Waals surface area (Å²) in [6.07, 6.45) is -10.7. The van der Waals surface area contributed by atoms with E-state index in [0.29, 0.717) is 18.2 Å². The van der Waals surface area contributed by atoms with Crippen LogP contribution in [0.4, 0.5) is 26.3 Å². The van der Waals surface area contributed by atoms with Gasteiger partial charge < -0.3 is 4.74 Å². The zero-order valence-electron chi connectivity index (χ0n) is 17.9. The molecular formula is C21H20F6O5S2. The Balaban J connectivity index is 2.05. The smallest absolute Gasteiger partial charge is 0.373 e. The number of halogens is 6. The topological polar surface area (TPSA) is 77.5 Å². The van der Waals surface area contributed by atoms with Crippen molar-refractivity contribution in [3.05, 3.63) is 59.2 Å². The van der Waals surface area contributed by atoms with E-state index in [9.17, 15) is 43.2 Å². The fraction of sp³-hybridized carbons (Fsp3) is 0.429. The summed E-state index contributed by atoms with van der Waals surface area (Å²) in [6, 6.07) is 5.36. The highest BCUT2D eigenvalue weighted by Gasteiger charge is 2.46. The molecule has 0 aromatic heterocycles. The molecule has 0 aliphatic carbocycles. The average molecular weight is 531 g/mol. The highest BCUT2D eigenvalue weighted by molar-refractivity contribution is 7.92. The number of alkyl halides is 6. The lowest BCUT2D eigenvalue weighted by atomic mass is 9.92. The quantitative estimate of drug-likeness (QED) is 0.507. The molecule has 0 bridgehead atoms. The molecule has 0 spiro atoms. The van der Waals surface area contributed by atoms with Crippen LogP contribution in [0.1, 0.15) is 42.6 Å². The van der Waals surface area contributed by atoms with Crippen molar-refractivity contribution in [3.63, 3.8) is 0 Å². The largest absolute Gasteiger partial charge is 0.416 e. The van der Waals surface area contributed by atoms with Crippen LogP contribution < -0.4 is 0 Å². The Bertz CT molecular complexity index is 1300. The predicted octanol–water partition coefficient (Wildman–Crippen LogP) is 5.21. The predicted molar refractivity (Wildman–Crippen MR) is 110 cm³/mol. The first-order valence-electron chi connectivity index (χ1n) is 9.80. The van der Waals surface area contributed by atoms with Crippen LogP contribution in [0.3, 0.4) is 0 Å². The minimum atomic E-state index is -4.88. The van der Waals surface area contributed by atoms with Crippen molar-refractivity contribution >= 4 is 19.7 Å². The number of hydrogen-bond donors (Lipinski definition) is 0. The van der Waals surface area contributed by atoms with Crippen molar-refractivity contribution in [2.45, 2.75) is 52.8 Å². The van der Waals surface area contributed by atoms with E-state index in [2.05, 4.69) is 0 Å². The molecule has 1 aliphatic heterocycles. The van der Waals surface area contributed by atoms with E-state index in [1.54, 1.807) is 0 Å². The summed E-state index contributed by atoms with van der Waals surface area (Å²) in [7, 11) is -8.43. The second-order valence-corrected chi connectivity index (χ2v) is 12.8. The Morgan fingerprint density at radius 1 is 0.882 bits per heavy atom. The normalized spacial score (nSPS) is 22.5. The van der Waals surface area contributed by atoms with Gasteiger partial charge >= 0.3 is 12.4 Å². The van der Waals surface area contributed by atoms with E-state index in [0.717, 1.165) is 30.5 Å². The van der Waals surface area contributed by atoms with Gasteiger partial charge in [0.15, 0.2) is 19.7 Å². The van der Waals surface area contributed by atoms with Gasteiger partial charge in [0.25, 0.3) is 0 Å². The Morgan fingerprint density at radius 2 is 1.47 bits per heavy atom. The van der Waals surface area contributed by atoms with Gasteiger partial charge in [0.1, 0.15) is 0 Å². The van der Waals surface area contributed by atoms with Crippen LogP contribution in [0.5, 0.6) is 0 Å². The minimum absolute atomic E-state index is 0.125. The summed E-state index contributed by atoms with van der Waals surface area (Å²) in [5.74, 6) is 0. The first-order valence-corrected chi connectivity index (χ1v) is 13.2. The van der Waals surface area contributed by atoms with Gasteiger partial charge in [0.05, 0.1) is 31.8 Å². The number of ether oxygens (including phenoxy) is 1. The molecule has 188 valence electrons. The van der Waals surface area contributed by atoms with Gasteiger partial charge in [-0.15, -0.1) is 0 Å². The van der Waals surface area contributed by atoms with Crippen LogP contribution in [0.25, 0.3) is 0 Å². The summed E-state index contributed by atoms with van der Waals surface area (Å²) < 4.78 is 134. The fourth-order valence-corrected chi connectivity index (χ4v) is 6.26. The number of sulfone groups is 2. The maximum atomic E-state index is 13.4. The standard InChI is InChI=1S/C21H20F6O5S2/c1-19(34(30,31)16-5-3-4-14(10-16)20(22,23)24)6-7-32-18(12-19)13-8-15(21(25,26)27)11-17(9-13)33(2,28)29/h3-5,8-11,18H,6-7,12H2,1-2H3. The van der Waals surface area contributed by atoms with Crippen molar-refractivity contribution in [3.8, 4) is 0 Å². The summed E-state index contributed by atoms with van der Waals surface area (Å²) in [4.78, 5) is -1.19. The lowest BCUT2D eigenvalue weighted by Crippen LogP contribution is -2.42. The number of benzene rings is 2. The summed E-state index contributed by atoms with van der Waals surface area (Å²) >= 11 is 0. The van der Waals surface area contributed by atoms with Gasteiger partial charge in [-0.1, -0.05) is 6.07 Å². The molecule has 34 heavy (non-hydrogen) atoms. The molecule has 13 heteroatoms. The van der Waals surface area contributed by atoms with Crippen molar-refractivity contribution < 1.29 is 47.9 Å². The van der Waals surface area contributed by atoms with E-state index in [4.69, 9.17) is 4.74 Å². The lowest BCUT2D eigenvalue weighted by molar-refractivity contribution is -0.138. The number of rotatable bonds is 4. The highest BCUT2D eigenvalue weighted by atomic mass is 32.2. The van der Waals surface area contributed by atoms with Crippen LogP contribution in [0.15, 0.2) is 52.3 Å². The SMILES string of the molecule is CC1(S(=O)(=O)c2cccc(C(F)(F)F)c2)CCOC(c2cc(C(F)(F)F)cc(S(C)(=O)=O)c2)C1. The molecule has 2 aromatic carbocycles. The third kappa shape index (κ3) is 5.25. The third-order valence-electron chi connectivity index (χ3n) is 5.74. The van der Waals surface area contributed by atoms with Crippen molar-refractivity contribution in [2.75, 3.05) is 12.9 Å².